The van der Waals surface area contributed by atoms with Gasteiger partial charge in [-0.25, -0.2) is 0 Å². The molecule has 0 aliphatic carbocycles. The summed E-state index contributed by atoms with van der Waals surface area (Å²) in [4.78, 5) is 25.7. The van der Waals surface area contributed by atoms with Gasteiger partial charge in [0.05, 0.1) is 24.8 Å². The molecule has 7 heteroatoms. The van der Waals surface area contributed by atoms with Crippen molar-refractivity contribution in [2.45, 2.75) is 19.4 Å². The van der Waals surface area contributed by atoms with Crippen LogP contribution in [0.4, 0.5) is 0 Å². The second-order valence-corrected chi connectivity index (χ2v) is 5.43. The lowest BCUT2D eigenvalue weighted by Crippen LogP contribution is -2.43. The van der Waals surface area contributed by atoms with Gasteiger partial charge >= 0.3 is 0 Å². The summed E-state index contributed by atoms with van der Waals surface area (Å²) in [5.41, 5.74) is 0.529. The normalized spacial score (nSPS) is 15.2. The van der Waals surface area contributed by atoms with Crippen molar-refractivity contribution in [2.24, 2.45) is 0 Å². The maximum absolute atomic E-state index is 12.0. The van der Waals surface area contributed by atoms with Crippen molar-refractivity contribution in [3.8, 4) is 11.8 Å². The summed E-state index contributed by atoms with van der Waals surface area (Å²) in [6.45, 7) is 4.24. The van der Waals surface area contributed by atoms with Crippen LogP contribution in [0.25, 0.3) is 0 Å². The lowest BCUT2D eigenvalue weighted by molar-refractivity contribution is -0.135. The Bertz CT molecular complexity index is 603. The Morgan fingerprint density at radius 2 is 2.00 bits per heavy atom. The predicted molar refractivity (Wildman–Crippen MR) is 86.3 cm³/mol. The van der Waals surface area contributed by atoms with Crippen molar-refractivity contribution in [3.63, 3.8) is 0 Å². The van der Waals surface area contributed by atoms with Crippen molar-refractivity contribution in [1.29, 1.82) is 5.26 Å². The fourth-order valence-electron chi connectivity index (χ4n) is 2.27. The molecule has 0 aromatic heterocycles. The molecule has 0 saturated carbocycles. The minimum absolute atomic E-state index is 0.0132. The number of rotatable bonds is 6. The summed E-state index contributed by atoms with van der Waals surface area (Å²) in [5, 5.41) is 11.4. The highest BCUT2D eigenvalue weighted by molar-refractivity contribution is 5.82. The molecule has 2 rings (SSSR count). The number of benzene rings is 1. The Morgan fingerprint density at radius 3 is 2.62 bits per heavy atom. The van der Waals surface area contributed by atoms with Crippen LogP contribution in [0.1, 0.15) is 18.9 Å². The zero-order valence-corrected chi connectivity index (χ0v) is 13.7. The molecule has 1 aromatic rings. The van der Waals surface area contributed by atoms with E-state index in [0.717, 1.165) is 0 Å². The third-order valence-electron chi connectivity index (χ3n) is 3.67. The van der Waals surface area contributed by atoms with Gasteiger partial charge in [-0.15, -0.1) is 0 Å². The maximum atomic E-state index is 12.0. The van der Waals surface area contributed by atoms with Gasteiger partial charge < -0.3 is 19.7 Å². The van der Waals surface area contributed by atoms with Gasteiger partial charge in [-0.1, -0.05) is 0 Å². The highest BCUT2D eigenvalue weighted by Crippen LogP contribution is 2.13. The first kappa shape index (κ1) is 17.8. The fraction of sp³-hybridized carbons (Fsp3) is 0.471. The predicted octanol–water partition coefficient (Wildman–Crippen LogP) is 0.691. The monoisotopic (exact) mass is 331 g/mol. The number of nitrogens with one attached hydrogen (secondary N) is 1. The molecule has 0 spiro atoms. The number of nitriles is 1. The molecule has 1 aromatic carbocycles. The van der Waals surface area contributed by atoms with Gasteiger partial charge in [-0.3, -0.25) is 9.59 Å². The first-order valence-corrected chi connectivity index (χ1v) is 7.90. The van der Waals surface area contributed by atoms with Crippen LogP contribution < -0.4 is 10.1 Å². The molecule has 1 atom stereocenters. The summed E-state index contributed by atoms with van der Waals surface area (Å²) in [6.07, 6.45) is -0.425. The quantitative estimate of drug-likeness (QED) is 0.828. The van der Waals surface area contributed by atoms with Crippen molar-refractivity contribution in [2.75, 3.05) is 32.8 Å². The molecule has 1 N–H and O–H groups in total. The van der Waals surface area contributed by atoms with Gasteiger partial charge in [0.15, 0.2) is 6.10 Å². The van der Waals surface area contributed by atoms with Crippen molar-refractivity contribution in [3.05, 3.63) is 29.8 Å². The Labute approximate surface area is 141 Å². The number of hydrogen-bond acceptors (Lipinski definition) is 5. The number of nitrogens with zero attached hydrogens (tertiary/aromatic N) is 2. The third-order valence-corrected chi connectivity index (χ3v) is 3.67. The zero-order chi connectivity index (χ0) is 17.4. The lowest BCUT2D eigenvalue weighted by atomic mass is 10.2. The van der Waals surface area contributed by atoms with Crippen molar-refractivity contribution < 1.29 is 19.1 Å². The first-order valence-electron chi connectivity index (χ1n) is 7.90. The molecule has 0 bridgehead atoms. The Hall–Kier alpha value is -2.59. The molecule has 0 radical (unpaired) electrons. The number of hydrogen-bond donors (Lipinski definition) is 1. The Balaban J connectivity index is 1.71. The summed E-state index contributed by atoms with van der Waals surface area (Å²) < 4.78 is 10.7. The summed E-state index contributed by atoms with van der Waals surface area (Å²) in [5.74, 6) is 0.245. The topological polar surface area (TPSA) is 91.7 Å². The van der Waals surface area contributed by atoms with E-state index < -0.39 is 6.10 Å². The molecular weight excluding hydrogens is 310 g/mol. The molecule has 1 aliphatic rings. The number of carbonyl (C=O) groups is 2. The van der Waals surface area contributed by atoms with Gasteiger partial charge in [-0.05, 0) is 31.2 Å². The molecule has 128 valence electrons. The van der Waals surface area contributed by atoms with E-state index in [1.54, 1.807) is 36.1 Å². The molecular formula is C17H21N3O4. The molecule has 7 nitrogen and oxygen atoms in total. The van der Waals surface area contributed by atoms with Crippen LogP contribution >= 0.6 is 0 Å². The van der Waals surface area contributed by atoms with Crippen molar-refractivity contribution in [1.82, 2.24) is 10.2 Å². The molecule has 24 heavy (non-hydrogen) atoms. The molecule has 1 heterocycles. The van der Waals surface area contributed by atoms with E-state index in [1.165, 1.54) is 0 Å². The average molecular weight is 331 g/mol. The molecule has 1 aliphatic heterocycles. The number of morpholine rings is 1. The molecule has 1 fully saturated rings. The van der Waals surface area contributed by atoms with E-state index in [-0.39, 0.29) is 24.8 Å². The maximum Gasteiger partial charge on any atom is 0.260 e. The standard InChI is InChI=1S/C17H21N3O4/c1-13(24-15-4-2-14(12-18)3-5-15)17(22)19-7-6-16(21)20-8-10-23-11-9-20/h2-5,13H,6-11H2,1H3,(H,19,22)/t13-/m0/s1. The largest absolute Gasteiger partial charge is 0.481 e. The van der Waals surface area contributed by atoms with Crippen LogP contribution in [0.5, 0.6) is 5.75 Å². The van der Waals surface area contributed by atoms with Gasteiger partial charge in [0.1, 0.15) is 5.75 Å². The summed E-state index contributed by atoms with van der Waals surface area (Å²) in [7, 11) is 0. The van der Waals surface area contributed by atoms with Crippen LogP contribution in [0.15, 0.2) is 24.3 Å². The van der Waals surface area contributed by atoms with Crippen LogP contribution in [-0.4, -0.2) is 55.7 Å². The first-order chi connectivity index (χ1) is 11.6. The van der Waals surface area contributed by atoms with E-state index in [4.69, 9.17) is 14.7 Å². The van der Waals surface area contributed by atoms with Crippen LogP contribution in [0.2, 0.25) is 0 Å². The second-order valence-electron chi connectivity index (χ2n) is 5.43. The third kappa shape index (κ3) is 5.25. The summed E-state index contributed by atoms with van der Waals surface area (Å²) >= 11 is 0. The van der Waals surface area contributed by atoms with E-state index in [0.29, 0.717) is 37.6 Å². The van der Waals surface area contributed by atoms with Crippen LogP contribution in [-0.2, 0) is 14.3 Å². The van der Waals surface area contributed by atoms with Gasteiger partial charge in [-0.2, -0.15) is 5.26 Å². The Morgan fingerprint density at radius 1 is 1.33 bits per heavy atom. The minimum atomic E-state index is -0.684. The van der Waals surface area contributed by atoms with E-state index >= 15 is 0 Å². The number of ether oxygens (including phenoxy) is 2. The van der Waals surface area contributed by atoms with Crippen LogP contribution in [0, 0.1) is 11.3 Å². The number of amides is 2. The lowest BCUT2D eigenvalue weighted by Gasteiger charge is -2.27. The highest BCUT2D eigenvalue weighted by atomic mass is 16.5. The molecule has 1 saturated heterocycles. The zero-order valence-electron chi connectivity index (χ0n) is 13.7. The van der Waals surface area contributed by atoms with E-state index in [9.17, 15) is 9.59 Å². The average Bonchev–Trinajstić information content (AvgIpc) is 2.62. The smallest absolute Gasteiger partial charge is 0.260 e. The van der Waals surface area contributed by atoms with Gasteiger partial charge in [0.2, 0.25) is 5.91 Å². The van der Waals surface area contributed by atoms with E-state index in [1.807, 2.05) is 6.07 Å². The minimum Gasteiger partial charge on any atom is -0.481 e. The van der Waals surface area contributed by atoms with Gasteiger partial charge in [0, 0.05) is 26.1 Å². The molecule has 2 amide bonds. The second kappa shape index (κ2) is 8.89. The SMILES string of the molecule is C[C@H](Oc1ccc(C#N)cc1)C(=O)NCCC(=O)N1CCOCC1. The Kier molecular flexibility index (Phi) is 6.58. The highest BCUT2D eigenvalue weighted by Gasteiger charge is 2.18. The summed E-state index contributed by atoms with van der Waals surface area (Å²) in [6, 6.07) is 8.56. The molecule has 0 unspecified atom stereocenters. The number of carbonyl (C=O) groups excluding carboxylic acids is 2. The van der Waals surface area contributed by atoms with Gasteiger partial charge in [0.25, 0.3) is 5.91 Å². The van der Waals surface area contributed by atoms with Crippen molar-refractivity contribution >= 4 is 11.8 Å². The van der Waals surface area contributed by atoms with Crippen LogP contribution in [0.3, 0.4) is 0 Å². The van der Waals surface area contributed by atoms with E-state index in [2.05, 4.69) is 5.32 Å². The fourth-order valence-corrected chi connectivity index (χ4v) is 2.27.